The molecule has 0 saturated heterocycles. The van der Waals surface area contributed by atoms with Gasteiger partial charge in [-0.25, -0.2) is 4.68 Å². The van der Waals surface area contributed by atoms with Gasteiger partial charge in [-0.15, -0.1) is 5.10 Å². The molecule has 13 heavy (non-hydrogen) atoms. The van der Waals surface area contributed by atoms with Crippen molar-refractivity contribution >= 4 is 11.0 Å². The Kier molecular flexibility index (Phi) is 1.98. The second-order valence-electron chi connectivity index (χ2n) is 2.93. The van der Waals surface area contributed by atoms with Gasteiger partial charge in [-0.2, -0.15) is 0 Å². The van der Waals surface area contributed by atoms with E-state index < -0.39 is 0 Å². The lowest BCUT2D eigenvalue weighted by Gasteiger charge is -1.97. The van der Waals surface area contributed by atoms with Crippen LogP contribution in [0.2, 0.25) is 0 Å². The van der Waals surface area contributed by atoms with Crippen LogP contribution in [-0.2, 0) is 13.1 Å². The number of fused-ring (bicyclic) bond motifs is 1. The average Bonchev–Trinajstić information content (AvgIpc) is 2.59. The summed E-state index contributed by atoms with van der Waals surface area (Å²) >= 11 is 0. The van der Waals surface area contributed by atoms with E-state index in [4.69, 9.17) is 5.73 Å². The summed E-state index contributed by atoms with van der Waals surface area (Å²) in [6, 6.07) is 6.01. The minimum absolute atomic E-state index is 0.551. The summed E-state index contributed by atoms with van der Waals surface area (Å²) in [5.74, 6) is 0. The Morgan fingerprint density at radius 1 is 1.46 bits per heavy atom. The Morgan fingerprint density at radius 2 is 2.31 bits per heavy atom. The van der Waals surface area contributed by atoms with Crippen LogP contribution >= 0.6 is 0 Å². The van der Waals surface area contributed by atoms with Crippen LogP contribution < -0.4 is 5.73 Å². The third-order valence-corrected chi connectivity index (χ3v) is 2.11. The first-order valence-corrected chi connectivity index (χ1v) is 4.37. The van der Waals surface area contributed by atoms with E-state index >= 15 is 0 Å². The Labute approximate surface area is 76.3 Å². The van der Waals surface area contributed by atoms with Crippen LogP contribution in [0.3, 0.4) is 0 Å². The van der Waals surface area contributed by atoms with Gasteiger partial charge in [-0.05, 0) is 24.6 Å². The summed E-state index contributed by atoms with van der Waals surface area (Å²) in [6.45, 7) is 3.44. The van der Waals surface area contributed by atoms with Gasteiger partial charge in [0.05, 0.1) is 5.52 Å². The zero-order valence-corrected chi connectivity index (χ0v) is 7.57. The zero-order chi connectivity index (χ0) is 9.26. The molecular formula is C9H12N4. The van der Waals surface area contributed by atoms with Crippen LogP contribution in [0.5, 0.6) is 0 Å². The number of hydrogen-bond donors (Lipinski definition) is 1. The molecule has 0 aliphatic carbocycles. The molecule has 4 heteroatoms. The lowest BCUT2D eigenvalue weighted by atomic mass is 10.2. The van der Waals surface area contributed by atoms with Crippen molar-refractivity contribution in [2.24, 2.45) is 5.73 Å². The number of nitrogens with zero attached hydrogens (tertiary/aromatic N) is 3. The molecule has 0 atom stereocenters. The Bertz CT molecular complexity index is 418. The molecular weight excluding hydrogens is 164 g/mol. The number of benzene rings is 1. The topological polar surface area (TPSA) is 56.7 Å². The fraction of sp³-hybridized carbons (Fsp3) is 0.333. The Morgan fingerprint density at radius 3 is 3.00 bits per heavy atom. The maximum absolute atomic E-state index is 5.53. The predicted octanol–water partition coefficient (Wildman–Crippen LogP) is 0.910. The van der Waals surface area contributed by atoms with Crippen molar-refractivity contribution in [1.82, 2.24) is 15.0 Å². The van der Waals surface area contributed by atoms with Crippen LogP contribution in [0.1, 0.15) is 12.5 Å². The summed E-state index contributed by atoms with van der Waals surface area (Å²) < 4.78 is 1.87. The van der Waals surface area contributed by atoms with Crippen LogP contribution in [0.4, 0.5) is 0 Å². The largest absolute Gasteiger partial charge is 0.326 e. The predicted molar refractivity (Wildman–Crippen MR) is 51.1 cm³/mol. The molecule has 0 unspecified atom stereocenters. The van der Waals surface area contributed by atoms with Crippen LogP contribution in [0.25, 0.3) is 11.0 Å². The highest BCUT2D eigenvalue weighted by atomic mass is 15.4. The fourth-order valence-electron chi connectivity index (χ4n) is 1.38. The first-order chi connectivity index (χ1) is 6.35. The van der Waals surface area contributed by atoms with Gasteiger partial charge in [-0.1, -0.05) is 11.3 Å². The highest BCUT2D eigenvalue weighted by Crippen LogP contribution is 2.12. The number of nitrogens with two attached hydrogens (primary N) is 1. The lowest BCUT2D eigenvalue weighted by molar-refractivity contribution is 0.646. The molecule has 1 aromatic carbocycles. The summed E-state index contributed by atoms with van der Waals surface area (Å²) in [5.41, 5.74) is 8.61. The standard InChI is InChI=1S/C9H12N4/c1-2-13-9-4-3-7(6-10)5-8(9)11-12-13/h3-5H,2,6,10H2,1H3. The molecule has 0 radical (unpaired) electrons. The van der Waals surface area contributed by atoms with Crippen molar-refractivity contribution in [2.75, 3.05) is 0 Å². The number of rotatable bonds is 2. The molecule has 4 nitrogen and oxygen atoms in total. The fourth-order valence-corrected chi connectivity index (χ4v) is 1.38. The number of hydrogen-bond acceptors (Lipinski definition) is 3. The molecule has 68 valence electrons. The van der Waals surface area contributed by atoms with E-state index in [1.165, 1.54) is 0 Å². The van der Waals surface area contributed by atoms with Gasteiger partial charge >= 0.3 is 0 Å². The normalized spacial score (nSPS) is 10.9. The van der Waals surface area contributed by atoms with Crippen molar-refractivity contribution in [3.8, 4) is 0 Å². The highest BCUT2D eigenvalue weighted by Gasteiger charge is 2.02. The van der Waals surface area contributed by atoms with Crippen molar-refractivity contribution in [2.45, 2.75) is 20.0 Å². The van der Waals surface area contributed by atoms with E-state index in [0.29, 0.717) is 6.54 Å². The van der Waals surface area contributed by atoms with Gasteiger partial charge in [0, 0.05) is 13.1 Å². The van der Waals surface area contributed by atoms with Crippen molar-refractivity contribution in [3.63, 3.8) is 0 Å². The first kappa shape index (κ1) is 8.19. The highest BCUT2D eigenvalue weighted by molar-refractivity contribution is 5.74. The van der Waals surface area contributed by atoms with Gasteiger partial charge < -0.3 is 5.73 Å². The van der Waals surface area contributed by atoms with E-state index in [2.05, 4.69) is 10.3 Å². The monoisotopic (exact) mass is 176 g/mol. The third kappa shape index (κ3) is 1.29. The number of aryl methyl sites for hydroxylation is 1. The molecule has 1 heterocycles. The lowest BCUT2D eigenvalue weighted by Crippen LogP contribution is -1.97. The second-order valence-corrected chi connectivity index (χ2v) is 2.93. The van der Waals surface area contributed by atoms with Crippen LogP contribution in [0, 0.1) is 0 Å². The molecule has 2 N–H and O–H groups in total. The van der Waals surface area contributed by atoms with Gasteiger partial charge in [-0.3, -0.25) is 0 Å². The molecule has 0 aliphatic heterocycles. The Balaban J connectivity index is 2.61. The van der Waals surface area contributed by atoms with Gasteiger partial charge in [0.15, 0.2) is 0 Å². The Hall–Kier alpha value is -1.42. The zero-order valence-electron chi connectivity index (χ0n) is 7.57. The van der Waals surface area contributed by atoms with Crippen molar-refractivity contribution < 1.29 is 0 Å². The van der Waals surface area contributed by atoms with Gasteiger partial charge in [0.2, 0.25) is 0 Å². The van der Waals surface area contributed by atoms with Crippen LogP contribution in [0.15, 0.2) is 18.2 Å². The quantitative estimate of drug-likeness (QED) is 0.740. The summed E-state index contributed by atoms with van der Waals surface area (Å²) in [5, 5.41) is 8.07. The first-order valence-electron chi connectivity index (χ1n) is 4.37. The third-order valence-electron chi connectivity index (χ3n) is 2.11. The molecule has 0 fully saturated rings. The molecule has 0 saturated carbocycles. The molecule has 2 rings (SSSR count). The second kappa shape index (κ2) is 3.14. The van der Waals surface area contributed by atoms with E-state index in [-0.39, 0.29) is 0 Å². The van der Waals surface area contributed by atoms with E-state index in [1.54, 1.807) is 0 Å². The molecule has 0 spiro atoms. The van der Waals surface area contributed by atoms with Gasteiger partial charge in [0.25, 0.3) is 0 Å². The summed E-state index contributed by atoms with van der Waals surface area (Å²) in [6.07, 6.45) is 0. The minimum Gasteiger partial charge on any atom is -0.326 e. The van der Waals surface area contributed by atoms with Crippen molar-refractivity contribution in [1.29, 1.82) is 0 Å². The van der Waals surface area contributed by atoms with Crippen molar-refractivity contribution in [3.05, 3.63) is 23.8 Å². The van der Waals surface area contributed by atoms with E-state index in [9.17, 15) is 0 Å². The smallest absolute Gasteiger partial charge is 0.113 e. The number of aromatic nitrogens is 3. The molecule has 1 aromatic heterocycles. The van der Waals surface area contributed by atoms with Gasteiger partial charge in [0.1, 0.15) is 5.52 Å². The molecule has 0 bridgehead atoms. The van der Waals surface area contributed by atoms with Crippen LogP contribution in [-0.4, -0.2) is 15.0 Å². The van der Waals surface area contributed by atoms with E-state index in [1.807, 2.05) is 29.8 Å². The minimum atomic E-state index is 0.551. The summed E-state index contributed by atoms with van der Waals surface area (Å²) in [4.78, 5) is 0. The maximum atomic E-state index is 5.53. The molecule has 2 aromatic rings. The SMILES string of the molecule is CCn1nnc2cc(CN)ccc21. The maximum Gasteiger partial charge on any atom is 0.113 e. The molecule has 0 aliphatic rings. The molecule has 0 amide bonds. The summed E-state index contributed by atoms with van der Waals surface area (Å²) in [7, 11) is 0. The average molecular weight is 176 g/mol. The van der Waals surface area contributed by atoms with E-state index in [0.717, 1.165) is 23.1 Å².